The van der Waals surface area contributed by atoms with Crippen molar-refractivity contribution >= 4 is 16.0 Å². The molecule has 0 amide bonds. The van der Waals surface area contributed by atoms with E-state index >= 15 is 0 Å². The molecule has 1 heterocycles. The summed E-state index contributed by atoms with van der Waals surface area (Å²) in [6.45, 7) is 3.14. The lowest BCUT2D eigenvalue weighted by molar-refractivity contribution is 0.0696. The quantitative estimate of drug-likeness (QED) is 0.846. The van der Waals surface area contributed by atoms with Crippen LogP contribution in [0.3, 0.4) is 0 Å². The van der Waals surface area contributed by atoms with Gasteiger partial charge in [-0.3, -0.25) is 0 Å². The van der Waals surface area contributed by atoms with Crippen molar-refractivity contribution in [3.8, 4) is 0 Å². The second kappa shape index (κ2) is 5.90. The SMILES string of the molecule is Cc1ccc(S(=O)(=O)NCC2CCOC2)cc1C(=O)O. The Morgan fingerprint density at radius 1 is 1.50 bits per heavy atom. The average Bonchev–Trinajstić information content (AvgIpc) is 2.89. The van der Waals surface area contributed by atoms with Gasteiger partial charge >= 0.3 is 5.97 Å². The van der Waals surface area contributed by atoms with Crippen LogP contribution in [0.5, 0.6) is 0 Å². The second-order valence-electron chi connectivity index (χ2n) is 4.86. The molecule has 1 atom stereocenters. The first kappa shape index (κ1) is 15.0. The molecule has 6 nitrogen and oxygen atoms in total. The van der Waals surface area contributed by atoms with E-state index in [0.29, 0.717) is 25.3 Å². The molecular weight excluding hydrogens is 282 g/mol. The molecule has 1 aliphatic heterocycles. The van der Waals surface area contributed by atoms with Crippen LogP contribution in [0.25, 0.3) is 0 Å². The molecule has 110 valence electrons. The number of carbonyl (C=O) groups is 1. The van der Waals surface area contributed by atoms with Crippen molar-refractivity contribution in [1.29, 1.82) is 0 Å². The van der Waals surface area contributed by atoms with Crippen molar-refractivity contribution in [3.05, 3.63) is 29.3 Å². The monoisotopic (exact) mass is 299 g/mol. The summed E-state index contributed by atoms with van der Waals surface area (Å²) < 4.78 is 31.9. The van der Waals surface area contributed by atoms with E-state index in [1.807, 2.05) is 0 Å². The first-order valence-electron chi connectivity index (χ1n) is 6.31. The van der Waals surface area contributed by atoms with Gasteiger partial charge in [-0.15, -0.1) is 0 Å². The number of carboxylic acid groups (broad SMARTS) is 1. The Morgan fingerprint density at radius 3 is 2.85 bits per heavy atom. The Hall–Kier alpha value is -1.44. The predicted octanol–water partition coefficient (Wildman–Crippen LogP) is 1.01. The third-order valence-electron chi connectivity index (χ3n) is 3.34. The van der Waals surface area contributed by atoms with Crippen LogP contribution in [-0.2, 0) is 14.8 Å². The number of aromatic carboxylic acids is 1. The Morgan fingerprint density at radius 2 is 2.25 bits per heavy atom. The van der Waals surface area contributed by atoms with Crippen molar-refractivity contribution in [2.24, 2.45) is 5.92 Å². The van der Waals surface area contributed by atoms with Gasteiger partial charge in [0.05, 0.1) is 17.1 Å². The van der Waals surface area contributed by atoms with Gasteiger partial charge in [-0.2, -0.15) is 0 Å². The maximum atomic E-state index is 12.1. The topological polar surface area (TPSA) is 92.7 Å². The van der Waals surface area contributed by atoms with Crippen LogP contribution in [0.15, 0.2) is 23.1 Å². The molecule has 1 saturated heterocycles. The molecule has 1 aromatic rings. The van der Waals surface area contributed by atoms with Crippen LogP contribution in [0.4, 0.5) is 0 Å². The van der Waals surface area contributed by atoms with Crippen molar-refractivity contribution in [2.75, 3.05) is 19.8 Å². The molecule has 7 heteroatoms. The van der Waals surface area contributed by atoms with Gasteiger partial charge in [-0.1, -0.05) is 6.07 Å². The third-order valence-corrected chi connectivity index (χ3v) is 4.76. The Labute approximate surface area is 117 Å². The van der Waals surface area contributed by atoms with Gasteiger partial charge in [0, 0.05) is 13.2 Å². The lowest BCUT2D eigenvalue weighted by Crippen LogP contribution is -2.29. The van der Waals surface area contributed by atoms with E-state index in [4.69, 9.17) is 9.84 Å². The van der Waals surface area contributed by atoms with Crippen LogP contribution >= 0.6 is 0 Å². The van der Waals surface area contributed by atoms with Gasteiger partial charge in [0.25, 0.3) is 0 Å². The highest BCUT2D eigenvalue weighted by atomic mass is 32.2. The van der Waals surface area contributed by atoms with Gasteiger partial charge in [-0.05, 0) is 37.0 Å². The number of nitrogens with one attached hydrogen (secondary N) is 1. The normalized spacial score (nSPS) is 19.1. The summed E-state index contributed by atoms with van der Waals surface area (Å²) >= 11 is 0. The molecule has 0 spiro atoms. The minimum absolute atomic E-state index is 0.00271. The van der Waals surface area contributed by atoms with E-state index in [9.17, 15) is 13.2 Å². The average molecular weight is 299 g/mol. The number of sulfonamides is 1. The highest BCUT2D eigenvalue weighted by molar-refractivity contribution is 7.89. The first-order chi connectivity index (χ1) is 9.40. The number of carboxylic acids is 1. The maximum Gasteiger partial charge on any atom is 0.335 e. The summed E-state index contributed by atoms with van der Waals surface area (Å²) in [6.07, 6.45) is 0.830. The summed E-state index contributed by atoms with van der Waals surface area (Å²) in [4.78, 5) is 11.0. The largest absolute Gasteiger partial charge is 0.478 e. The molecule has 0 aliphatic carbocycles. The third kappa shape index (κ3) is 3.36. The molecule has 0 bridgehead atoms. The molecule has 0 saturated carbocycles. The Balaban J connectivity index is 2.16. The first-order valence-corrected chi connectivity index (χ1v) is 7.80. The predicted molar refractivity (Wildman–Crippen MR) is 72.3 cm³/mol. The van der Waals surface area contributed by atoms with E-state index < -0.39 is 16.0 Å². The van der Waals surface area contributed by atoms with Crippen molar-refractivity contribution in [1.82, 2.24) is 4.72 Å². The molecular formula is C13H17NO5S. The summed E-state index contributed by atoms with van der Waals surface area (Å²) in [5.74, 6) is -0.960. The van der Waals surface area contributed by atoms with Gasteiger partial charge in [0.1, 0.15) is 0 Å². The van der Waals surface area contributed by atoms with E-state index in [2.05, 4.69) is 4.72 Å². The van der Waals surface area contributed by atoms with Crippen molar-refractivity contribution in [2.45, 2.75) is 18.2 Å². The summed E-state index contributed by atoms with van der Waals surface area (Å²) in [5.41, 5.74) is 0.526. The maximum absolute atomic E-state index is 12.1. The van der Waals surface area contributed by atoms with Gasteiger partial charge in [0.15, 0.2) is 0 Å². The Bertz CT molecular complexity index is 605. The zero-order chi connectivity index (χ0) is 14.8. The van der Waals surface area contributed by atoms with Crippen LogP contribution in [0, 0.1) is 12.8 Å². The molecule has 1 aliphatic rings. The molecule has 0 radical (unpaired) electrons. The summed E-state index contributed by atoms with van der Waals surface area (Å²) in [6, 6.07) is 4.09. The summed E-state index contributed by atoms with van der Waals surface area (Å²) in [7, 11) is -3.69. The van der Waals surface area contributed by atoms with Crippen LogP contribution in [0.2, 0.25) is 0 Å². The highest BCUT2D eigenvalue weighted by Gasteiger charge is 2.21. The van der Waals surface area contributed by atoms with Crippen LogP contribution < -0.4 is 4.72 Å². The van der Waals surface area contributed by atoms with Crippen molar-refractivity contribution in [3.63, 3.8) is 0 Å². The lowest BCUT2D eigenvalue weighted by atomic mass is 10.1. The fraction of sp³-hybridized carbons (Fsp3) is 0.462. The lowest BCUT2D eigenvalue weighted by Gasteiger charge is -2.11. The van der Waals surface area contributed by atoms with Gasteiger partial charge < -0.3 is 9.84 Å². The van der Waals surface area contributed by atoms with Crippen LogP contribution in [-0.4, -0.2) is 39.3 Å². The standard InChI is InChI=1S/C13H17NO5S/c1-9-2-3-11(6-12(9)13(15)16)20(17,18)14-7-10-4-5-19-8-10/h2-3,6,10,14H,4-5,7-8H2,1H3,(H,15,16). The molecule has 1 unspecified atom stereocenters. The number of hydrogen-bond donors (Lipinski definition) is 2. The minimum atomic E-state index is -3.69. The number of aryl methyl sites for hydroxylation is 1. The Kier molecular flexibility index (Phi) is 4.42. The highest BCUT2D eigenvalue weighted by Crippen LogP contribution is 2.17. The molecule has 0 aromatic heterocycles. The number of benzene rings is 1. The van der Waals surface area contributed by atoms with E-state index in [-0.39, 0.29) is 16.4 Å². The fourth-order valence-corrected chi connectivity index (χ4v) is 3.20. The van der Waals surface area contributed by atoms with Gasteiger partial charge in [-0.25, -0.2) is 17.9 Å². The van der Waals surface area contributed by atoms with E-state index in [1.54, 1.807) is 6.92 Å². The number of rotatable bonds is 5. The summed E-state index contributed by atoms with van der Waals surface area (Å²) in [5, 5.41) is 9.03. The fourth-order valence-electron chi connectivity index (χ4n) is 2.05. The van der Waals surface area contributed by atoms with Crippen molar-refractivity contribution < 1.29 is 23.1 Å². The smallest absolute Gasteiger partial charge is 0.335 e. The molecule has 1 aromatic carbocycles. The molecule has 20 heavy (non-hydrogen) atoms. The molecule has 1 fully saturated rings. The zero-order valence-corrected chi connectivity index (χ0v) is 11.9. The zero-order valence-electron chi connectivity index (χ0n) is 11.1. The minimum Gasteiger partial charge on any atom is -0.478 e. The second-order valence-corrected chi connectivity index (χ2v) is 6.63. The number of hydrogen-bond acceptors (Lipinski definition) is 4. The molecule has 2 rings (SSSR count). The van der Waals surface area contributed by atoms with Crippen LogP contribution in [0.1, 0.15) is 22.3 Å². The van der Waals surface area contributed by atoms with Gasteiger partial charge in [0.2, 0.25) is 10.0 Å². The molecule has 2 N–H and O–H groups in total. The van der Waals surface area contributed by atoms with E-state index in [1.165, 1.54) is 18.2 Å². The number of ether oxygens (including phenoxy) is 1. The van der Waals surface area contributed by atoms with E-state index in [0.717, 1.165) is 6.42 Å².